The molecular weight excluding hydrogens is 228 g/mol. The van der Waals surface area contributed by atoms with E-state index in [0.717, 1.165) is 19.3 Å². The van der Waals surface area contributed by atoms with Crippen molar-refractivity contribution in [3.05, 3.63) is 0 Å². The second-order valence-corrected chi connectivity index (χ2v) is 4.49. The van der Waals surface area contributed by atoms with Gasteiger partial charge < -0.3 is 15.3 Å². The quantitative estimate of drug-likeness (QED) is 0.626. The van der Waals surface area contributed by atoms with Gasteiger partial charge in [0.2, 0.25) is 0 Å². The lowest BCUT2D eigenvalue weighted by atomic mass is 9.67. The molecule has 1 rings (SSSR count). The van der Waals surface area contributed by atoms with Gasteiger partial charge in [0.05, 0.1) is 6.42 Å². The van der Waals surface area contributed by atoms with E-state index in [9.17, 15) is 14.4 Å². The molecule has 0 aromatic heterocycles. The Morgan fingerprint density at radius 3 is 1.76 bits per heavy atom. The number of carboxylic acids is 3. The molecule has 0 atom stereocenters. The molecule has 1 fully saturated rings. The van der Waals surface area contributed by atoms with Crippen LogP contribution in [0.5, 0.6) is 0 Å². The third-order valence-electron chi connectivity index (χ3n) is 3.50. The Morgan fingerprint density at radius 2 is 1.41 bits per heavy atom. The van der Waals surface area contributed by atoms with E-state index in [1.807, 2.05) is 0 Å². The summed E-state index contributed by atoms with van der Waals surface area (Å²) in [6.07, 6.45) is 2.53. The van der Waals surface area contributed by atoms with Gasteiger partial charge >= 0.3 is 17.9 Å². The van der Waals surface area contributed by atoms with Gasteiger partial charge in [0, 0.05) is 0 Å². The molecule has 0 aromatic carbocycles. The highest BCUT2D eigenvalue weighted by atomic mass is 16.4. The zero-order valence-corrected chi connectivity index (χ0v) is 9.39. The third-order valence-corrected chi connectivity index (χ3v) is 3.50. The van der Waals surface area contributed by atoms with Crippen molar-refractivity contribution >= 4 is 17.9 Å². The van der Waals surface area contributed by atoms with E-state index in [-0.39, 0.29) is 0 Å². The summed E-state index contributed by atoms with van der Waals surface area (Å²) >= 11 is 0. The van der Waals surface area contributed by atoms with Gasteiger partial charge in [-0.25, -0.2) is 0 Å². The number of carboxylic acid groups (broad SMARTS) is 3. The molecule has 1 aliphatic carbocycles. The smallest absolute Gasteiger partial charge is 0.321 e. The van der Waals surface area contributed by atoms with E-state index in [1.165, 1.54) is 0 Å². The molecule has 0 bridgehead atoms. The van der Waals surface area contributed by atoms with Gasteiger partial charge in [-0.15, -0.1) is 0 Å². The minimum atomic E-state index is -2.17. The predicted octanol–water partition coefficient (Wildman–Crippen LogP) is 1.20. The molecule has 1 aliphatic rings. The maximum atomic E-state index is 11.3. The molecule has 3 N–H and O–H groups in total. The lowest BCUT2D eigenvalue weighted by Crippen LogP contribution is -2.48. The van der Waals surface area contributed by atoms with Crippen LogP contribution in [-0.4, -0.2) is 33.2 Å². The van der Waals surface area contributed by atoms with Crippen LogP contribution in [0.1, 0.15) is 38.5 Å². The van der Waals surface area contributed by atoms with E-state index in [2.05, 4.69) is 0 Å². The van der Waals surface area contributed by atoms with Crippen molar-refractivity contribution in [1.29, 1.82) is 0 Å². The molecule has 0 heterocycles. The number of hydrogen-bond donors (Lipinski definition) is 3. The molecule has 6 heteroatoms. The molecular formula is C11H16O6. The summed E-state index contributed by atoms with van der Waals surface area (Å²) in [5.74, 6) is -5.07. The number of aliphatic carboxylic acids is 3. The van der Waals surface area contributed by atoms with Gasteiger partial charge in [-0.05, 0) is 18.8 Å². The fraction of sp³-hybridized carbons (Fsp3) is 0.727. The van der Waals surface area contributed by atoms with Gasteiger partial charge in [-0.2, -0.15) is 0 Å². The van der Waals surface area contributed by atoms with Crippen molar-refractivity contribution in [3.8, 4) is 0 Å². The average molecular weight is 244 g/mol. The molecule has 6 nitrogen and oxygen atoms in total. The van der Waals surface area contributed by atoms with Crippen LogP contribution in [0.4, 0.5) is 0 Å². The van der Waals surface area contributed by atoms with Gasteiger partial charge in [0.1, 0.15) is 0 Å². The van der Waals surface area contributed by atoms with Crippen LogP contribution in [0.25, 0.3) is 0 Å². The lowest BCUT2D eigenvalue weighted by molar-refractivity contribution is -0.175. The van der Waals surface area contributed by atoms with E-state index < -0.39 is 35.7 Å². The van der Waals surface area contributed by atoms with Crippen LogP contribution in [0.2, 0.25) is 0 Å². The second kappa shape index (κ2) is 5.16. The summed E-state index contributed by atoms with van der Waals surface area (Å²) in [5.41, 5.74) is -2.17. The van der Waals surface area contributed by atoms with Crippen LogP contribution in [-0.2, 0) is 14.4 Å². The normalized spacial score (nSPS) is 17.6. The number of hydrogen-bond acceptors (Lipinski definition) is 3. The monoisotopic (exact) mass is 244 g/mol. The zero-order valence-electron chi connectivity index (χ0n) is 9.39. The van der Waals surface area contributed by atoms with Gasteiger partial charge in [0.25, 0.3) is 0 Å². The van der Waals surface area contributed by atoms with Gasteiger partial charge in [-0.3, -0.25) is 14.4 Å². The Morgan fingerprint density at radius 1 is 0.941 bits per heavy atom. The Kier molecular flexibility index (Phi) is 4.09. The standard InChI is InChI=1S/C11H16O6/c12-8(13)6-11(9(14)15,10(16)17)7-4-2-1-3-5-7/h7H,1-6H2,(H,12,13)(H,14,15)(H,16,17). The van der Waals surface area contributed by atoms with E-state index in [1.54, 1.807) is 0 Å². The molecule has 0 unspecified atom stereocenters. The Labute approximate surface area is 98.3 Å². The minimum absolute atomic E-state index is 0.464. The zero-order chi connectivity index (χ0) is 13.1. The first-order valence-electron chi connectivity index (χ1n) is 5.60. The number of carbonyl (C=O) groups is 3. The van der Waals surface area contributed by atoms with Gasteiger partial charge in [0.15, 0.2) is 5.41 Å². The molecule has 0 aliphatic heterocycles. The molecule has 0 spiro atoms. The Balaban J connectivity index is 3.08. The van der Waals surface area contributed by atoms with Crippen molar-refractivity contribution in [1.82, 2.24) is 0 Å². The SMILES string of the molecule is O=C(O)CC(C(=O)O)(C(=O)O)C1CCCCC1. The van der Waals surface area contributed by atoms with Crippen molar-refractivity contribution in [2.45, 2.75) is 38.5 Å². The fourth-order valence-electron chi connectivity index (χ4n) is 2.57. The minimum Gasteiger partial charge on any atom is -0.481 e. The molecule has 0 amide bonds. The molecule has 1 saturated carbocycles. The van der Waals surface area contributed by atoms with E-state index >= 15 is 0 Å². The summed E-state index contributed by atoms with van der Waals surface area (Å²) in [5, 5.41) is 27.1. The molecule has 0 saturated heterocycles. The van der Waals surface area contributed by atoms with Crippen LogP contribution in [0, 0.1) is 11.3 Å². The van der Waals surface area contributed by atoms with Crippen LogP contribution < -0.4 is 0 Å². The van der Waals surface area contributed by atoms with Crippen molar-refractivity contribution in [2.75, 3.05) is 0 Å². The molecule has 0 aromatic rings. The summed E-state index contributed by atoms with van der Waals surface area (Å²) in [6.45, 7) is 0. The van der Waals surface area contributed by atoms with E-state index in [4.69, 9.17) is 15.3 Å². The van der Waals surface area contributed by atoms with Crippen LogP contribution in [0.3, 0.4) is 0 Å². The average Bonchev–Trinajstić information content (AvgIpc) is 2.25. The van der Waals surface area contributed by atoms with Crippen molar-refractivity contribution < 1.29 is 29.7 Å². The van der Waals surface area contributed by atoms with Crippen LogP contribution in [0.15, 0.2) is 0 Å². The van der Waals surface area contributed by atoms with E-state index in [0.29, 0.717) is 12.8 Å². The Bertz CT molecular complexity index is 315. The highest BCUT2D eigenvalue weighted by Gasteiger charge is 2.54. The molecule has 96 valence electrons. The number of rotatable bonds is 5. The Hall–Kier alpha value is -1.59. The van der Waals surface area contributed by atoms with Crippen LogP contribution >= 0.6 is 0 Å². The second-order valence-electron chi connectivity index (χ2n) is 4.49. The highest BCUT2D eigenvalue weighted by Crippen LogP contribution is 2.42. The topological polar surface area (TPSA) is 112 Å². The summed E-state index contributed by atoms with van der Waals surface area (Å²) < 4.78 is 0. The van der Waals surface area contributed by atoms with Crippen molar-refractivity contribution in [3.63, 3.8) is 0 Å². The van der Waals surface area contributed by atoms with Gasteiger partial charge in [-0.1, -0.05) is 19.3 Å². The first kappa shape index (κ1) is 13.5. The van der Waals surface area contributed by atoms with Crippen molar-refractivity contribution in [2.24, 2.45) is 11.3 Å². The summed E-state index contributed by atoms with van der Waals surface area (Å²) in [6, 6.07) is 0. The summed E-state index contributed by atoms with van der Waals surface area (Å²) in [4.78, 5) is 33.2. The maximum Gasteiger partial charge on any atom is 0.321 e. The highest BCUT2D eigenvalue weighted by molar-refractivity contribution is 6.01. The molecule has 0 radical (unpaired) electrons. The summed E-state index contributed by atoms with van der Waals surface area (Å²) in [7, 11) is 0. The first-order chi connectivity index (χ1) is 7.91. The maximum absolute atomic E-state index is 11.3. The predicted molar refractivity (Wildman–Crippen MR) is 56.5 cm³/mol. The largest absolute Gasteiger partial charge is 0.481 e. The molecule has 17 heavy (non-hydrogen) atoms. The fourth-order valence-corrected chi connectivity index (χ4v) is 2.57. The third kappa shape index (κ3) is 2.57. The lowest BCUT2D eigenvalue weighted by Gasteiger charge is -2.34. The first-order valence-corrected chi connectivity index (χ1v) is 5.60.